The SMILES string of the molecule is CCC(C)N1CCN(CCCCS)CC1. The van der Waals surface area contributed by atoms with Crippen molar-refractivity contribution < 1.29 is 0 Å². The molecule has 0 aromatic heterocycles. The first kappa shape index (κ1) is 13.3. The average Bonchev–Trinajstić information content (AvgIpc) is 2.29. The van der Waals surface area contributed by atoms with Gasteiger partial charge in [-0.3, -0.25) is 4.90 Å². The maximum absolute atomic E-state index is 4.25. The van der Waals surface area contributed by atoms with Crippen LogP contribution in [0.5, 0.6) is 0 Å². The lowest BCUT2D eigenvalue weighted by Gasteiger charge is -2.37. The number of thiol groups is 1. The zero-order chi connectivity index (χ0) is 11.1. The van der Waals surface area contributed by atoms with Crippen molar-refractivity contribution in [2.24, 2.45) is 0 Å². The molecule has 0 radical (unpaired) electrons. The molecule has 0 bridgehead atoms. The molecule has 0 N–H and O–H groups in total. The van der Waals surface area contributed by atoms with Crippen molar-refractivity contribution in [3.05, 3.63) is 0 Å². The van der Waals surface area contributed by atoms with E-state index in [0.717, 1.165) is 11.8 Å². The lowest BCUT2D eigenvalue weighted by atomic mass is 10.2. The first-order valence-electron chi connectivity index (χ1n) is 6.35. The first-order chi connectivity index (χ1) is 7.27. The van der Waals surface area contributed by atoms with Crippen LogP contribution in [0, 0.1) is 0 Å². The summed E-state index contributed by atoms with van der Waals surface area (Å²) in [6.45, 7) is 10.9. The smallest absolute Gasteiger partial charge is 0.0113 e. The number of rotatable bonds is 6. The quantitative estimate of drug-likeness (QED) is 0.551. The van der Waals surface area contributed by atoms with Crippen LogP contribution in [0.15, 0.2) is 0 Å². The van der Waals surface area contributed by atoms with Gasteiger partial charge in [0.05, 0.1) is 0 Å². The maximum atomic E-state index is 4.25. The highest BCUT2D eigenvalue weighted by Gasteiger charge is 2.19. The molecule has 3 heteroatoms. The van der Waals surface area contributed by atoms with Crippen LogP contribution in [0.2, 0.25) is 0 Å². The lowest BCUT2D eigenvalue weighted by molar-refractivity contribution is 0.0999. The lowest BCUT2D eigenvalue weighted by Crippen LogP contribution is -2.49. The minimum Gasteiger partial charge on any atom is -0.301 e. The molecule has 1 heterocycles. The van der Waals surface area contributed by atoms with Gasteiger partial charge in [0.15, 0.2) is 0 Å². The third-order valence-corrected chi connectivity index (χ3v) is 3.82. The zero-order valence-electron chi connectivity index (χ0n) is 10.3. The van der Waals surface area contributed by atoms with E-state index in [0.29, 0.717) is 0 Å². The Morgan fingerprint density at radius 2 is 1.80 bits per heavy atom. The first-order valence-corrected chi connectivity index (χ1v) is 6.98. The van der Waals surface area contributed by atoms with Crippen molar-refractivity contribution in [2.45, 2.75) is 39.2 Å². The van der Waals surface area contributed by atoms with Crippen molar-refractivity contribution in [3.63, 3.8) is 0 Å². The highest BCUT2D eigenvalue weighted by atomic mass is 32.1. The monoisotopic (exact) mass is 230 g/mol. The Kier molecular flexibility index (Phi) is 6.69. The highest BCUT2D eigenvalue weighted by Crippen LogP contribution is 2.09. The summed E-state index contributed by atoms with van der Waals surface area (Å²) in [6, 6.07) is 0.768. The van der Waals surface area contributed by atoms with Crippen molar-refractivity contribution in [2.75, 3.05) is 38.5 Å². The maximum Gasteiger partial charge on any atom is 0.0113 e. The fourth-order valence-electron chi connectivity index (χ4n) is 2.13. The van der Waals surface area contributed by atoms with Crippen molar-refractivity contribution in [3.8, 4) is 0 Å². The van der Waals surface area contributed by atoms with Crippen LogP contribution in [0.3, 0.4) is 0 Å². The zero-order valence-corrected chi connectivity index (χ0v) is 11.2. The molecule has 1 saturated heterocycles. The Labute approximate surface area is 100 Å². The Morgan fingerprint density at radius 3 is 2.33 bits per heavy atom. The molecule has 0 aliphatic carbocycles. The summed E-state index contributed by atoms with van der Waals surface area (Å²) in [4.78, 5) is 5.22. The summed E-state index contributed by atoms with van der Waals surface area (Å²) in [5.41, 5.74) is 0. The Balaban J connectivity index is 2.12. The fourth-order valence-corrected chi connectivity index (χ4v) is 2.36. The summed E-state index contributed by atoms with van der Waals surface area (Å²) >= 11 is 4.25. The summed E-state index contributed by atoms with van der Waals surface area (Å²) in [6.07, 6.45) is 3.85. The van der Waals surface area contributed by atoms with E-state index in [1.165, 1.54) is 52.0 Å². The van der Waals surface area contributed by atoms with Gasteiger partial charge in [0.25, 0.3) is 0 Å². The van der Waals surface area contributed by atoms with Gasteiger partial charge in [0, 0.05) is 32.2 Å². The van der Waals surface area contributed by atoms with E-state index in [9.17, 15) is 0 Å². The molecule has 0 aromatic rings. The van der Waals surface area contributed by atoms with Crippen LogP contribution < -0.4 is 0 Å². The molecule has 2 nitrogen and oxygen atoms in total. The summed E-state index contributed by atoms with van der Waals surface area (Å²) in [7, 11) is 0. The van der Waals surface area contributed by atoms with Crippen molar-refractivity contribution in [1.29, 1.82) is 0 Å². The fraction of sp³-hybridized carbons (Fsp3) is 1.00. The minimum atomic E-state index is 0.768. The van der Waals surface area contributed by atoms with Gasteiger partial charge < -0.3 is 4.90 Å². The van der Waals surface area contributed by atoms with E-state index in [1.807, 2.05) is 0 Å². The molecule has 1 aliphatic heterocycles. The molecular weight excluding hydrogens is 204 g/mol. The second-order valence-electron chi connectivity index (χ2n) is 4.57. The molecule has 1 unspecified atom stereocenters. The Hall–Kier alpha value is 0.270. The average molecular weight is 230 g/mol. The summed E-state index contributed by atoms with van der Waals surface area (Å²) < 4.78 is 0. The number of unbranched alkanes of at least 4 members (excludes halogenated alkanes) is 1. The molecule has 0 spiro atoms. The number of hydrogen-bond acceptors (Lipinski definition) is 3. The van der Waals surface area contributed by atoms with Crippen LogP contribution >= 0.6 is 12.6 Å². The predicted octanol–water partition coefficient (Wildman–Crippen LogP) is 2.11. The standard InChI is InChI=1S/C12H26N2S/c1-3-12(2)14-9-7-13(8-10-14)6-4-5-11-15/h12,15H,3-11H2,1-2H3. The van der Waals surface area contributed by atoms with Gasteiger partial charge in [0.2, 0.25) is 0 Å². The van der Waals surface area contributed by atoms with E-state index in [4.69, 9.17) is 0 Å². The van der Waals surface area contributed by atoms with Crippen molar-refractivity contribution >= 4 is 12.6 Å². The second kappa shape index (κ2) is 7.53. The van der Waals surface area contributed by atoms with E-state index in [-0.39, 0.29) is 0 Å². The van der Waals surface area contributed by atoms with Gasteiger partial charge in [-0.25, -0.2) is 0 Å². The van der Waals surface area contributed by atoms with Gasteiger partial charge >= 0.3 is 0 Å². The van der Waals surface area contributed by atoms with E-state index in [1.54, 1.807) is 0 Å². The molecule has 1 rings (SSSR count). The normalized spacial score (nSPS) is 21.8. The molecule has 0 saturated carbocycles. The van der Waals surface area contributed by atoms with Gasteiger partial charge in [-0.15, -0.1) is 0 Å². The summed E-state index contributed by atoms with van der Waals surface area (Å²) in [5.74, 6) is 1.03. The second-order valence-corrected chi connectivity index (χ2v) is 5.01. The molecule has 1 fully saturated rings. The van der Waals surface area contributed by atoms with Gasteiger partial charge in [0.1, 0.15) is 0 Å². The van der Waals surface area contributed by atoms with Gasteiger partial charge in [-0.1, -0.05) is 6.92 Å². The van der Waals surface area contributed by atoms with Crippen molar-refractivity contribution in [1.82, 2.24) is 9.80 Å². The Morgan fingerprint density at radius 1 is 1.13 bits per heavy atom. The van der Waals surface area contributed by atoms with Crippen LogP contribution in [0.1, 0.15) is 33.1 Å². The third-order valence-electron chi connectivity index (χ3n) is 3.50. The van der Waals surface area contributed by atoms with E-state index < -0.39 is 0 Å². The van der Waals surface area contributed by atoms with Gasteiger partial charge in [-0.05, 0) is 38.5 Å². The van der Waals surface area contributed by atoms with E-state index >= 15 is 0 Å². The number of nitrogens with zero attached hydrogens (tertiary/aromatic N) is 2. The number of hydrogen-bond donors (Lipinski definition) is 1. The predicted molar refractivity (Wildman–Crippen MR) is 70.9 cm³/mol. The molecular formula is C12H26N2S. The molecule has 90 valence electrons. The largest absolute Gasteiger partial charge is 0.301 e. The van der Waals surface area contributed by atoms with E-state index in [2.05, 4.69) is 36.3 Å². The highest BCUT2D eigenvalue weighted by molar-refractivity contribution is 7.80. The minimum absolute atomic E-state index is 0.768. The van der Waals surface area contributed by atoms with Crippen LogP contribution in [0.4, 0.5) is 0 Å². The van der Waals surface area contributed by atoms with Gasteiger partial charge in [-0.2, -0.15) is 12.6 Å². The van der Waals surface area contributed by atoms with Crippen LogP contribution in [0.25, 0.3) is 0 Å². The van der Waals surface area contributed by atoms with Crippen LogP contribution in [-0.2, 0) is 0 Å². The molecule has 15 heavy (non-hydrogen) atoms. The molecule has 0 aromatic carbocycles. The molecule has 1 aliphatic rings. The topological polar surface area (TPSA) is 6.48 Å². The molecule has 0 amide bonds. The summed E-state index contributed by atoms with van der Waals surface area (Å²) in [5, 5.41) is 0. The third kappa shape index (κ3) is 4.75. The Bertz CT molecular complexity index is 156. The number of piperazine rings is 1. The molecule has 1 atom stereocenters. The van der Waals surface area contributed by atoms with Crippen LogP contribution in [-0.4, -0.2) is 54.3 Å².